The number of para-hydroxylation sites is 1. The summed E-state index contributed by atoms with van der Waals surface area (Å²) in [7, 11) is 0. The van der Waals surface area contributed by atoms with E-state index in [0.717, 1.165) is 6.54 Å². The first-order valence-electron chi connectivity index (χ1n) is 7.59. The van der Waals surface area contributed by atoms with E-state index >= 15 is 0 Å². The fourth-order valence-corrected chi connectivity index (χ4v) is 3.53. The Balaban J connectivity index is 1.81. The van der Waals surface area contributed by atoms with Gasteiger partial charge < -0.3 is 15.2 Å². The number of carbonyl (C=O) groups excluding carboxylic acids is 1. The fraction of sp³-hybridized carbons (Fsp3) is 0.353. The minimum atomic E-state index is -0.0760. The van der Waals surface area contributed by atoms with Crippen LogP contribution in [0.25, 0.3) is 16.5 Å². The Bertz CT molecular complexity index is 744. The Labute approximate surface area is 123 Å². The van der Waals surface area contributed by atoms with Crippen molar-refractivity contribution in [2.75, 3.05) is 13.1 Å². The first-order chi connectivity index (χ1) is 10.3. The van der Waals surface area contributed by atoms with Gasteiger partial charge in [-0.1, -0.05) is 24.3 Å². The smallest absolute Gasteiger partial charge is 0.228 e. The van der Waals surface area contributed by atoms with Crippen LogP contribution in [0, 0.1) is 5.92 Å². The van der Waals surface area contributed by atoms with Crippen LogP contribution in [0.15, 0.2) is 36.5 Å². The van der Waals surface area contributed by atoms with Crippen LogP contribution in [0.1, 0.15) is 12.5 Å². The van der Waals surface area contributed by atoms with Gasteiger partial charge in [-0.3, -0.25) is 4.79 Å². The average molecular weight is 281 g/mol. The summed E-state index contributed by atoms with van der Waals surface area (Å²) in [6.45, 7) is 4.29. The maximum atomic E-state index is 12.1. The lowest BCUT2D eigenvalue weighted by atomic mass is 9.87. The number of nitrogens with zero attached hydrogens (tertiary/aromatic N) is 1. The maximum Gasteiger partial charge on any atom is 0.228 e. The van der Waals surface area contributed by atoms with E-state index in [-0.39, 0.29) is 11.8 Å². The molecule has 1 aromatic carbocycles. The quantitative estimate of drug-likeness (QED) is 0.881. The zero-order chi connectivity index (χ0) is 14.4. The Hall–Kier alpha value is -2.07. The molecule has 1 amide bonds. The molecular weight excluding hydrogens is 262 g/mol. The minimum Gasteiger partial charge on any atom is -0.356 e. The SMILES string of the molecule is CCNC(=O)[C@@H]1C=C2c3cccc4ccn(c34)C[C@H]2NC1. The van der Waals surface area contributed by atoms with Crippen molar-refractivity contribution >= 4 is 22.4 Å². The van der Waals surface area contributed by atoms with E-state index in [1.165, 1.54) is 22.0 Å². The van der Waals surface area contributed by atoms with Gasteiger partial charge in [0.15, 0.2) is 0 Å². The molecule has 0 spiro atoms. The van der Waals surface area contributed by atoms with Crippen molar-refractivity contribution in [1.29, 1.82) is 0 Å². The standard InChI is InChI=1S/C17H19N3O/c1-2-18-17(21)12-8-14-13-5-3-4-11-6-7-20(16(11)13)10-15(14)19-9-12/h3-8,12,15,19H,2,9-10H2,1H3,(H,18,21)/t12-,15-/m1/s1. The number of fused-ring (bicyclic) bond motifs is 2. The summed E-state index contributed by atoms with van der Waals surface area (Å²) in [6.07, 6.45) is 4.32. The average Bonchev–Trinajstić information content (AvgIpc) is 2.92. The number of hydrogen-bond acceptors (Lipinski definition) is 2. The van der Waals surface area contributed by atoms with Crippen molar-refractivity contribution in [3.8, 4) is 0 Å². The van der Waals surface area contributed by atoms with Gasteiger partial charge in [0.25, 0.3) is 0 Å². The molecule has 21 heavy (non-hydrogen) atoms. The van der Waals surface area contributed by atoms with Crippen LogP contribution in [-0.2, 0) is 11.3 Å². The Morgan fingerprint density at radius 1 is 1.43 bits per heavy atom. The molecular formula is C17H19N3O. The normalized spacial score (nSPS) is 23.6. The van der Waals surface area contributed by atoms with Gasteiger partial charge in [0.05, 0.1) is 17.5 Å². The molecule has 108 valence electrons. The number of hydrogen-bond donors (Lipinski definition) is 2. The van der Waals surface area contributed by atoms with Gasteiger partial charge in [-0.25, -0.2) is 0 Å². The molecule has 0 saturated carbocycles. The van der Waals surface area contributed by atoms with Crippen LogP contribution in [-0.4, -0.2) is 29.6 Å². The molecule has 2 aromatic rings. The van der Waals surface area contributed by atoms with Gasteiger partial charge in [-0.15, -0.1) is 0 Å². The highest BCUT2D eigenvalue weighted by Gasteiger charge is 2.31. The third-order valence-electron chi connectivity index (χ3n) is 4.51. The molecule has 0 saturated heterocycles. The largest absolute Gasteiger partial charge is 0.356 e. The Morgan fingerprint density at radius 3 is 3.19 bits per heavy atom. The van der Waals surface area contributed by atoms with Gasteiger partial charge >= 0.3 is 0 Å². The summed E-state index contributed by atoms with van der Waals surface area (Å²) >= 11 is 0. The van der Waals surface area contributed by atoms with Gasteiger partial charge in [-0.2, -0.15) is 0 Å². The Kier molecular flexibility index (Phi) is 2.86. The van der Waals surface area contributed by atoms with Gasteiger partial charge in [0.1, 0.15) is 0 Å². The van der Waals surface area contributed by atoms with Crippen molar-refractivity contribution in [1.82, 2.24) is 15.2 Å². The molecule has 0 radical (unpaired) electrons. The summed E-state index contributed by atoms with van der Waals surface area (Å²) < 4.78 is 2.31. The first kappa shape index (κ1) is 12.7. The lowest BCUT2D eigenvalue weighted by molar-refractivity contribution is -0.123. The number of amides is 1. The second-order valence-corrected chi connectivity index (χ2v) is 5.80. The van der Waals surface area contributed by atoms with E-state index in [1.54, 1.807) is 0 Å². The summed E-state index contributed by atoms with van der Waals surface area (Å²) in [5.41, 5.74) is 3.82. The van der Waals surface area contributed by atoms with Crippen LogP contribution < -0.4 is 10.6 Å². The fourth-order valence-electron chi connectivity index (χ4n) is 3.53. The third-order valence-corrected chi connectivity index (χ3v) is 4.51. The molecule has 0 aliphatic carbocycles. The highest BCUT2D eigenvalue weighted by atomic mass is 16.1. The molecule has 4 nitrogen and oxygen atoms in total. The number of aromatic nitrogens is 1. The van der Waals surface area contributed by atoms with E-state index in [4.69, 9.17) is 0 Å². The van der Waals surface area contributed by atoms with Crippen LogP contribution in [0.5, 0.6) is 0 Å². The zero-order valence-corrected chi connectivity index (χ0v) is 12.1. The van der Waals surface area contributed by atoms with Gasteiger partial charge in [0, 0.05) is 36.8 Å². The maximum absolute atomic E-state index is 12.1. The molecule has 2 aliphatic rings. The summed E-state index contributed by atoms with van der Waals surface area (Å²) in [5.74, 6) is 0.0389. The molecule has 2 aliphatic heterocycles. The zero-order valence-electron chi connectivity index (χ0n) is 12.1. The predicted molar refractivity (Wildman–Crippen MR) is 83.9 cm³/mol. The molecule has 0 unspecified atom stereocenters. The molecule has 4 heteroatoms. The monoisotopic (exact) mass is 281 g/mol. The van der Waals surface area contributed by atoms with Crippen LogP contribution in [0.3, 0.4) is 0 Å². The van der Waals surface area contributed by atoms with Crippen LogP contribution >= 0.6 is 0 Å². The molecule has 2 N–H and O–H groups in total. The second kappa shape index (κ2) is 4.74. The third kappa shape index (κ3) is 1.90. The van der Waals surface area contributed by atoms with Gasteiger partial charge in [-0.05, 0) is 18.6 Å². The van der Waals surface area contributed by atoms with Crippen molar-refractivity contribution in [3.63, 3.8) is 0 Å². The van der Waals surface area contributed by atoms with Gasteiger partial charge in [0.2, 0.25) is 5.91 Å². The van der Waals surface area contributed by atoms with E-state index in [1.807, 2.05) is 6.92 Å². The predicted octanol–water partition coefficient (Wildman–Crippen LogP) is 1.76. The summed E-state index contributed by atoms with van der Waals surface area (Å²) in [6, 6.07) is 8.88. The number of nitrogens with one attached hydrogen (secondary N) is 2. The van der Waals surface area contributed by atoms with E-state index < -0.39 is 0 Å². The highest BCUT2D eigenvalue weighted by Crippen LogP contribution is 2.35. The van der Waals surface area contributed by atoms with E-state index in [0.29, 0.717) is 19.1 Å². The van der Waals surface area contributed by atoms with Crippen LogP contribution in [0.2, 0.25) is 0 Å². The lowest BCUT2D eigenvalue weighted by Crippen LogP contribution is -2.46. The highest BCUT2D eigenvalue weighted by molar-refractivity contribution is 5.96. The topological polar surface area (TPSA) is 46.1 Å². The first-order valence-corrected chi connectivity index (χ1v) is 7.59. The molecule has 4 rings (SSSR count). The molecule has 2 atom stereocenters. The number of rotatable bonds is 2. The van der Waals surface area contributed by atoms with Crippen molar-refractivity contribution in [2.24, 2.45) is 5.92 Å². The number of benzene rings is 1. The minimum absolute atomic E-state index is 0.0760. The summed E-state index contributed by atoms with van der Waals surface area (Å²) in [4.78, 5) is 12.1. The second-order valence-electron chi connectivity index (χ2n) is 5.80. The molecule has 0 fully saturated rings. The summed E-state index contributed by atoms with van der Waals surface area (Å²) in [5, 5.41) is 7.73. The van der Waals surface area contributed by atoms with Crippen LogP contribution in [0.4, 0.5) is 0 Å². The van der Waals surface area contributed by atoms with Crippen molar-refractivity contribution < 1.29 is 4.79 Å². The van der Waals surface area contributed by atoms with Crippen molar-refractivity contribution in [2.45, 2.75) is 19.5 Å². The molecule has 1 aromatic heterocycles. The lowest BCUT2D eigenvalue weighted by Gasteiger charge is -2.34. The Morgan fingerprint density at radius 2 is 2.33 bits per heavy atom. The van der Waals surface area contributed by atoms with E-state index in [2.05, 4.69) is 51.7 Å². The van der Waals surface area contributed by atoms with E-state index in [9.17, 15) is 4.79 Å². The van der Waals surface area contributed by atoms with Crippen molar-refractivity contribution in [3.05, 3.63) is 42.1 Å². The number of carbonyl (C=O) groups is 1. The molecule has 3 heterocycles. The molecule has 0 bridgehead atoms.